The topological polar surface area (TPSA) is 57.7 Å². The zero-order valence-electron chi connectivity index (χ0n) is 18.7. The van der Waals surface area contributed by atoms with Gasteiger partial charge in [0.25, 0.3) is 5.91 Å². The number of hydrogen-bond donors (Lipinski definition) is 0. The van der Waals surface area contributed by atoms with Gasteiger partial charge in [-0.05, 0) is 62.6 Å². The molecule has 0 radical (unpaired) electrons. The maximum absolute atomic E-state index is 13.5. The Morgan fingerprint density at radius 2 is 1.82 bits per heavy atom. The molecule has 3 aliphatic rings. The van der Waals surface area contributed by atoms with Crippen molar-refractivity contribution in [3.05, 3.63) is 47.1 Å². The summed E-state index contributed by atoms with van der Waals surface area (Å²) in [5.41, 5.74) is 1.68. The number of sulfone groups is 1. The van der Waals surface area contributed by atoms with E-state index in [1.54, 1.807) is 23.1 Å². The van der Waals surface area contributed by atoms with Gasteiger partial charge in [0.15, 0.2) is 9.84 Å². The number of halogens is 3. The number of benzene rings is 1. The highest BCUT2D eigenvalue weighted by Gasteiger charge is 2.35. The van der Waals surface area contributed by atoms with Crippen molar-refractivity contribution >= 4 is 21.4 Å². The highest BCUT2D eigenvalue weighted by Crippen LogP contribution is 2.36. The summed E-state index contributed by atoms with van der Waals surface area (Å²) in [6.07, 6.45) is 3.54. The van der Waals surface area contributed by atoms with Crippen molar-refractivity contribution in [3.8, 4) is 0 Å². The van der Waals surface area contributed by atoms with Crippen LogP contribution in [-0.4, -0.2) is 57.8 Å². The summed E-state index contributed by atoms with van der Waals surface area (Å²) in [5.74, 6) is 0.0103. The first-order valence-corrected chi connectivity index (χ1v) is 13.3. The van der Waals surface area contributed by atoms with E-state index in [0.717, 1.165) is 49.9 Å². The van der Waals surface area contributed by atoms with E-state index in [-0.39, 0.29) is 23.1 Å². The van der Waals surface area contributed by atoms with Crippen molar-refractivity contribution in [2.45, 2.75) is 49.6 Å². The quantitative estimate of drug-likeness (QED) is 0.608. The van der Waals surface area contributed by atoms with E-state index in [0.29, 0.717) is 31.5 Å². The Morgan fingerprint density at radius 3 is 2.42 bits per heavy atom. The first-order chi connectivity index (χ1) is 15.5. The van der Waals surface area contributed by atoms with Crippen molar-refractivity contribution in [2.75, 3.05) is 37.3 Å². The molecule has 1 aromatic rings. The van der Waals surface area contributed by atoms with Crippen LogP contribution < -0.4 is 4.90 Å². The van der Waals surface area contributed by atoms with Gasteiger partial charge in [0.05, 0.1) is 10.5 Å². The van der Waals surface area contributed by atoms with Gasteiger partial charge in [-0.15, -0.1) is 0 Å². The number of carbonyl (C=O) groups excluding carboxylic acids is 1. The number of hydrogen-bond acceptors (Lipinski definition) is 4. The van der Waals surface area contributed by atoms with Crippen LogP contribution in [0.4, 0.5) is 18.9 Å². The molecule has 1 unspecified atom stereocenters. The van der Waals surface area contributed by atoms with E-state index >= 15 is 0 Å². The van der Waals surface area contributed by atoms with Gasteiger partial charge < -0.3 is 9.80 Å². The molecule has 0 aromatic heterocycles. The largest absolute Gasteiger partial charge is 0.412 e. The third-order valence-corrected chi connectivity index (χ3v) is 7.91. The van der Waals surface area contributed by atoms with Gasteiger partial charge >= 0.3 is 6.18 Å². The molecular weight excluding hydrogens is 453 g/mol. The average Bonchev–Trinajstić information content (AvgIpc) is 3.44. The fourth-order valence-corrected chi connectivity index (χ4v) is 5.61. The molecule has 0 N–H and O–H groups in total. The lowest BCUT2D eigenvalue weighted by atomic mass is 9.90. The summed E-state index contributed by atoms with van der Waals surface area (Å²) >= 11 is 0. The number of amides is 1. The summed E-state index contributed by atoms with van der Waals surface area (Å²) in [6.45, 7) is 2.75. The minimum absolute atomic E-state index is 0.00216. The van der Waals surface area contributed by atoms with E-state index in [1.807, 2.05) is 0 Å². The average molecular weight is 483 g/mol. The van der Waals surface area contributed by atoms with E-state index in [9.17, 15) is 26.4 Å². The van der Waals surface area contributed by atoms with Crippen molar-refractivity contribution in [1.29, 1.82) is 0 Å². The van der Waals surface area contributed by atoms with Gasteiger partial charge in [-0.1, -0.05) is 17.7 Å². The standard InChI is InChI=1S/C24H29F3N2O3S/c1-33(31,32)20-8-9-22(28-11-2-3-12-28)21(15-20)23(30)29-13-10-18(16-29)14-17-4-6-19(7-5-17)24(25,26)27/h4,6,8-9,15,18H,2-3,5,7,10-14,16H2,1H3. The molecule has 1 aliphatic carbocycles. The minimum atomic E-state index is -4.27. The van der Waals surface area contributed by atoms with Gasteiger partial charge in [-0.3, -0.25) is 4.79 Å². The molecule has 2 aliphatic heterocycles. The maximum atomic E-state index is 13.5. The van der Waals surface area contributed by atoms with E-state index in [2.05, 4.69) is 4.90 Å². The van der Waals surface area contributed by atoms with Crippen LogP contribution >= 0.6 is 0 Å². The molecule has 5 nitrogen and oxygen atoms in total. The fraction of sp³-hybridized carbons (Fsp3) is 0.542. The van der Waals surface area contributed by atoms with E-state index in [1.165, 1.54) is 12.1 Å². The Morgan fingerprint density at radius 1 is 1.09 bits per heavy atom. The summed E-state index contributed by atoms with van der Waals surface area (Å²) in [4.78, 5) is 17.5. The predicted molar refractivity (Wildman–Crippen MR) is 121 cm³/mol. The van der Waals surface area contributed by atoms with Crippen molar-refractivity contribution in [1.82, 2.24) is 4.90 Å². The fourth-order valence-electron chi connectivity index (χ4n) is 4.96. The molecule has 1 aromatic carbocycles. The lowest BCUT2D eigenvalue weighted by Crippen LogP contribution is -2.31. The van der Waals surface area contributed by atoms with Crippen LogP contribution in [0.5, 0.6) is 0 Å². The van der Waals surface area contributed by atoms with E-state index < -0.39 is 21.6 Å². The summed E-state index contributed by atoms with van der Waals surface area (Å²) < 4.78 is 62.7. The van der Waals surface area contributed by atoms with Crippen LogP contribution in [0.15, 0.2) is 46.4 Å². The Labute approximate surface area is 192 Å². The SMILES string of the molecule is CS(=O)(=O)c1ccc(N2CCCC2)c(C(=O)N2CCC(CC3=CC=C(C(F)(F)F)CC3)C2)c1. The molecule has 4 rings (SSSR count). The molecule has 1 amide bonds. The summed E-state index contributed by atoms with van der Waals surface area (Å²) in [7, 11) is -3.45. The van der Waals surface area contributed by atoms with Crippen LogP contribution in [0, 0.1) is 5.92 Å². The third-order valence-electron chi connectivity index (χ3n) is 6.80. The molecule has 2 fully saturated rings. The van der Waals surface area contributed by atoms with Gasteiger partial charge in [-0.2, -0.15) is 13.2 Å². The number of anilines is 1. The third kappa shape index (κ3) is 5.45. The molecule has 0 spiro atoms. The minimum Gasteiger partial charge on any atom is -0.371 e. The van der Waals surface area contributed by atoms with Crippen LogP contribution in [0.3, 0.4) is 0 Å². The molecule has 2 saturated heterocycles. The van der Waals surface area contributed by atoms with Crippen molar-refractivity contribution in [3.63, 3.8) is 0 Å². The first-order valence-electron chi connectivity index (χ1n) is 11.4. The van der Waals surface area contributed by atoms with Crippen LogP contribution in [-0.2, 0) is 9.84 Å². The Kier molecular flexibility index (Phi) is 6.62. The van der Waals surface area contributed by atoms with Crippen LogP contribution in [0.25, 0.3) is 0 Å². The second kappa shape index (κ2) is 9.16. The Bertz CT molecular complexity index is 1090. The smallest absolute Gasteiger partial charge is 0.371 e. The van der Waals surface area contributed by atoms with Crippen LogP contribution in [0.2, 0.25) is 0 Å². The highest BCUT2D eigenvalue weighted by atomic mass is 32.2. The number of alkyl halides is 3. The highest BCUT2D eigenvalue weighted by molar-refractivity contribution is 7.90. The second-order valence-corrected chi connectivity index (χ2v) is 11.3. The van der Waals surface area contributed by atoms with Crippen molar-refractivity contribution in [2.24, 2.45) is 5.92 Å². The number of likely N-dealkylation sites (tertiary alicyclic amines) is 1. The van der Waals surface area contributed by atoms with Gasteiger partial charge in [-0.25, -0.2) is 8.42 Å². The number of allylic oxidation sites excluding steroid dienone is 4. The summed E-state index contributed by atoms with van der Waals surface area (Å²) in [6, 6.07) is 4.79. The predicted octanol–water partition coefficient (Wildman–Crippen LogP) is 4.75. The molecule has 180 valence electrons. The molecule has 2 heterocycles. The number of nitrogens with zero attached hydrogens (tertiary/aromatic N) is 2. The lowest BCUT2D eigenvalue weighted by Gasteiger charge is -2.25. The number of rotatable bonds is 5. The molecular formula is C24H29F3N2O3S. The normalized spacial score (nSPS) is 21.9. The monoisotopic (exact) mass is 482 g/mol. The molecule has 0 saturated carbocycles. The van der Waals surface area contributed by atoms with E-state index in [4.69, 9.17) is 0 Å². The molecule has 9 heteroatoms. The van der Waals surface area contributed by atoms with Gasteiger partial charge in [0.2, 0.25) is 0 Å². The lowest BCUT2D eigenvalue weighted by molar-refractivity contribution is -0.0941. The van der Waals surface area contributed by atoms with Crippen molar-refractivity contribution < 1.29 is 26.4 Å². The first kappa shape index (κ1) is 23.9. The molecule has 1 atom stereocenters. The number of carbonyl (C=O) groups is 1. The zero-order chi connectivity index (χ0) is 23.8. The maximum Gasteiger partial charge on any atom is 0.412 e. The Hall–Kier alpha value is -2.29. The molecule has 0 bridgehead atoms. The van der Waals surface area contributed by atoms with Gasteiger partial charge in [0.1, 0.15) is 0 Å². The second-order valence-electron chi connectivity index (χ2n) is 9.27. The zero-order valence-corrected chi connectivity index (χ0v) is 19.5. The Balaban J connectivity index is 1.49. The summed E-state index contributed by atoms with van der Waals surface area (Å²) in [5, 5.41) is 0. The van der Waals surface area contributed by atoms with Gasteiger partial charge in [0, 0.05) is 43.7 Å². The molecule has 33 heavy (non-hydrogen) atoms. The van der Waals surface area contributed by atoms with Crippen LogP contribution in [0.1, 0.15) is 48.9 Å².